The van der Waals surface area contributed by atoms with Crippen molar-refractivity contribution in [3.05, 3.63) is 106 Å². The van der Waals surface area contributed by atoms with E-state index in [1.54, 1.807) is 0 Å². The summed E-state index contributed by atoms with van der Waals surface area (Å²) in [5.41, 5.74) is 8.29. The zero-order chi connectivity index (χ0) is 26.1. The van der Waals surface area contributed by atoms with Crippen molar-refractivity contribution < 1.29 is 9.32 Å². The molecular weight excluding hydrogens is 470 g/mol. The van der Waals surface area contributed by atoms with Gasteiger partial charge in [-0.2, -0.15) is 0 Å². The average molecular weight is 502 g/mol. The van der Waals surface area contributed by atoms with Crippen LogP contribution in [-0.4, -0.2) is 17.3 Å². The second-order valence-electron chi connectivity index (χ2n) is 8.32. The minimum atomic E-state index is 0.489. The number of benzene rings is 3. The van der Waals surface area contributed by atoms with E-state index < -0.39 is 0 Å². The highest BCUT2D eigenvalue weighted by Gasteiger charge is 2.23. The summed E-state index contributed by atoms with van der Waals surface area (Å²) < 4.78 is 5.45. The molecule has 0 radical (unpaired) electrons. The van der Waals surface area contributed by atoms with Gasteiger partial charge in [0.05, 0.1) is 17.0 Å². The quantitative estimate of drug-likeness (QED) is 0.287. The van der Waals surface area contributed by atoms with E-state index in [2.05, 4.69) is 36.5 Å². The predicted octanol–water partition coefficient (Wildman–Crippen LogP) is 8.06. The summed E-state index contributed by atoms with van der Waals surface area (Å²) in [6.07, 6.45) is 0.685. The molecule has 0 atom stereocenters. The molecular formula is C30H32ClN3O2. The van der Waals surface area contributed by atoms with Crippen LogP contribution >= 0.6 is 11.6 Å². The fourth-order valence-electron chi connectivity index (χ4n) is 3.90. The average Bonchev–Trinajstić information content (AvgIpc) is 3.18. The van der Waals surface area contributed by atoms with Gasteiger partial charge in [-0.05, 0) is 48.2 Å². The highest BCUT2D eigenvalue weighted by atomic mass is 35.5. The fraction of sp³-hybridized carbons (Fsp3) is 0.233. The third-order valence-electron chi connectivity index (χ3n) is 5.69. The molecule has 0 fully saturated rings. The van der Waals surface area contributed by atoms with Gasteiger partial charge in [-0.1, -0.05) is 93.0 Å². The van der Waals surface area contributed by atoms with Crippen LogP contribution in [0.15, 0.2) is 82.3 Å². The molecule has 1 aliphatic rings. The number of nitrogens with one attached hydrogen (secondary N) is 1. The number of carbonyl (C=O) groups is 1. The van der Waals surface area contributed by atoms with Gasteiger partial charge in [-0.15, -0.1) is 0 Å². The van der Waals surface area contributed by atoms with Gasteiger partial charge in [-0.25, -0.2) is 0 Å². The Balaban J connectivity index is 0.000000220. The van der Waals surface area contributed by atoms with Gasteiger partial charge in [0.25, 0.3) is 0 Å². The van der Waals surface area contributed by atoms with Crippen LogP contribution in [0.4, 0.5) is 5.69 Å². The molecule has 0 spiro atoms. The van der Waals surface area contributed by atoms with Gasteiger partial charge in [-0.3, -0.25) is 9.79 Å². The van der Waals surface area contributed by atoms with Crippen LogP contribution in [0.1, 0.15) is 61.8 Å². The van der Waals surface area contributed by atoms with Gasteiger partial charge in [0.15, 0.2) is 5.76 Å². The fourth-order valence-corrected chi connectivity index (χ4v) is 4.03. The molecule has 3 aromatic carbocycles. The highest BCUT2D eigenvalue weighted by molar-refractivity contribution is 6.30. The number of hydrogen-bond donors (Lipinski definition) is 1. The lowest BCUT2D eigenvalue weighted by atomic mass is 9.93. The van der Waals surface area contributed by atoms with Crippen molar-refractivity contribution in [2.45, 2.75) is 47.1 Å². The number of fused-ring (bicyclic) bond motifs is 3. The molecule has 6 heteroatoms. The number of rotatable bonds is 4. The van der Waals surface area contributed by atoms with Crippen LogP contribution in [0.3, 0.4) is 0 Å². The van der Waals surface area contributed by atoms with Crippen LogP contribution < -0.4 is 5.32 Å². The first-order valence-electron chi connectivity index (χ1n) is 12.1. The number of hydrogen-bond acceptors (Lipinski definition) is 4. The molecule has 4 aromatic rings. The topological polar surface area (TPSA) is 67.5 Å². The summed E-state index contributed by atoms with van der Waals surface area (Å²) in [5, 5.41) is 7.40. The van der Waals surface area contributed by atoms with Crippen molar-refractivity contribution >= 4 is 29.4 Å². The van der Waals surface area contributed by atoms with Crippen LogP contribution in [-0.2, 0) is 11.3 Å². The molecule has 0 saturated heterocycles. The zero-order valence-electron chi connectivity index (χ0n) is 21.4. The Morgan fingerprint density at radius 3 is 2.19 bits per heavy atom. The molecule has 5 nitrogen and oxygen atoms in total. The molecule has 186 valence electrons. The maximum atomic E-state index is 10.1. The van der Waals surface area contributed by atoms with Crippen molar-refractivity contribution in [1.82, 2.24) is 5.16 Å². The molecule has 5 rings (SSSR count). The monoisotopic (exact) mass is 501 g/mol. The Morgan fingerprint density at radius 2 is 1.58 bits per heavy atom. The summed E-state index contributed by atoms with van der Waals surface area (Å²) in [6, 6.07) is 23.9. The molecule has 1 N–H and O–H groups in total. The summed E-state index contributed by atoms with van der Waals surface area (Å²) in [4.78, 5) is 14.8. The van der Waals surface area contributed by atoms with E-state index in [0.717, 1.165) is 50.1 Å². The maximum Gasteiger partial charge on any atom is 0.211 e. The molecule has 1 aromatic heterocycles. The molecule has 1 aliphatic heterocycles. The number of aliphatic imine (C=N–C) groups is 1. The third kappa shape index (κ3) is 6.29. The van der Waals surface area contributed by atoms with Crippen molar-refractivity contribution in [3.63, 3.8) is 0 Å². The minimum absolute atomic E-state index is 0.489. The normalized spacial score (nSPS) is 11.5. The third-order valence-corrected chi connectivity index (χ3v) is 5.94. The summed E-state index contributed by atoms with van der Waals surface area (Å²) in [5.74, 6) is 1.35. The summed E-state index contributed by atoms with van der Waals surface area (Å²) in [7, 11) is 0. The van der Waals surface area contributed by atoms with Crippen molar-refractivity contribution in [2.24, 2.45) is 4.99 Å². The molecule has 36 heavy (non-hydrogen) atoms. The van der Waals surface area contributed by atoms with E-state index >= 15 is 0 Å². The van der Waals surface area contributed by atoms with E-state index in [4.69, 9.17) is 21.1 Å². The second-order valence-corrected chi connectivity index (χ2v) is 8.76. The van der Waals surface area contributed by atoms with Gasteiger partial charge in [0.2, 0.25) is 6.41 Å². The first-order chi connectivity index (χ1) is 17.5. The Bertz CT molecular complexity index is 1310. The number of aryl methyl sites for hydroxylation is 1. The second kappa shape index (κ2) is 12.8. The molecule has 0 aliphatic carbocycles. The highest BCUT2D eigenvalue weighted by Crippen LogP contribution is 2.34. The number of nitrogens with zero attached hydrogens (tertiary/aromatic N) is 2. The summed E-state index contributed by atoms with van der Waals surface area (Å²) >= 11 is 6.00. The number of aromatic nitrogens is 1. The summed E-state index contributed by atoms with van der Waals surface area (Å²) in [6.45, 7) is 10.7. The lowest BCUT2D eigenvalue weighted by Crippen LogP contribution is -2.04. The number of halogens is 1. The standard InChI is InChI=1S/C18H13ClN2O.C10H13NO.C2H6/c1-11-17-14-4-2-3-5-15(14)18(20-10-16(17)22-21-11)12-6-8-13(19)9-7-12;1-8(2)9-3-5-10(6-4-9)11-7-12;1-2/h2-9H,10H2,1H3;3-8H,1-2H3,(H,11,12);1-2H3. The Morgan fingerprint density at radius 1 is 0.944 bits per heavy atom. The van der Waals surface area contributed by atoms with Gasteiger partial charge >= 0.3 is 0 Å². The van der Waals surface area contributed by atoms with Crippen molar-refractivity contribution in [1.29, 1.82) is 0 Å². The number of carbonyl (C=O) groups excluding carboxylic acids is 1. The van der Waals surface area contributed by atoms with E-state index in [1.165, 1.54) is 5.56 Å². The molecule has 0 saturated carbocycles. The van der Waals surface area contributed by atoms with Crippen molar-refractivity contribution in [2.75, 3.05) is 5.32 Å². The minimum Gasteiger partial charge on any atom is -0.358 e. The van der Waals surface area contributed by atoms with E-state index in [9.17, 15) is 4.79 Å². The Hall–Kier alpha value is -3.70. The largest absolute Gasteiger partial charge is 0.358 e. The first-order valence-corrected chi connectivity index (χ1v) is 12.5. The van der Waals surface area contributed by atoms with Gasteiger partial charge in [0.1, 0.15) is 6.54 Å². The van der Waals surface area contributed by atoms with E-state index in [-0.39, 0.29) is 0 Å². The van der Waals surface area contributed by atoms with Crippen LogP contribution in [0, 0.1) is 6.92 Å². The first kappa shape index (κ1) is 26.9. The van der Waals surface area contributed by atoms with Crippen LogP contribution in [0.5, 0.6) is 0 Å². The maximum absolute atomic E-state index is 10.1. The van der Waals surface area contributed by atoms with Gasteiger partial charge in [0, 0.05) is 21.8 Å². The van der Waals surface area contributed by atoms with E-state index in [1.807, 2.05) is 81.4 Å². The van der Waals surface area contributed by atoms with Crippen molar-refractivity contribution in [3.8, 4) is 11.1 Å². The SMILES string of the molecule is CC.CC(C)c1ccc(NC=O)cc1.Cc1noc2c1-c1ccccc1C(c1ccc(Cl)cc1)=NC2. The molecule has 1 amide bonds. The predicted molar refractivity (Wildman–Crippen MR) is 149 cm³/mol. The van der Waals surface area contributed by atoms with Gasteiger partial charge < -0.3 is 9.84 Å². The van der Waals surface area contributed by atoms with Crippen LogP contribution in [0.2, 0.25) is 5.02 Å². The van der Waals surface area contributed by atoms with Crippen LogP contribution in [0.25, 0.3) is 11.1 Å². The lowest BCUT2D eigenvalue weighted by molar-refractivity contribution is -0.105. The zero-order valence-corrected chi connectivity index (χ0v) is 22.1. The molecule has 2 heterocycles. The Kier molecular flexibility index (Phi) is 9.60. The van der Waals surface area contributed by atoms with E-state index in [0.29, 0.717) is 18.9 Å². The smallest absolute Gasteiger partial charge is 0.211 e. The lowest BCUT2D eigenvalue weighted by Gasteiger charge is -2.10. The Labute approximate surface area is 218 Å². The molecule has 0 bridgehead atoms. The molecule has 0 unspecified atom stereocenters. The number of amides is 1. The number of anilines is 1.